The summed E-state index contributed by atoms with van der Waals surface area (Å²) in [5, 5.41) is 10.2. The molecule has 9 nitrogen and oxygen atoms in total. The standard InChI is InChI=1S/C29H24F2N8O/c1-29(2,3)9-22(40)35-18-8-16(10-32-11-18)25-24(31)23-20(14-34-25)38-39-27(23)28-36-21-13-33-12-19(26(21)37-28)15-4-6-17(30)7-5-15/h4-8,10-14H,9H2,1-3H3,(H,35,40)(H,36,37)(H,38,39). The molecule has 1 aromatic carbocycles. The van der Waals surface area contributed by atoms with Crippen molar-refractivity contribution in [3.05, 3.63) is 73.0 Å². The molecule has 3 N–H and O–H groups in total. The normalized spacial score (nSPS) is 11.8. The highest BCUT2D eigenvalue weighted by Crippen LogP contribution is 2.34. The summed E-state index contributed by atoms with van der Waals surface area (Å²) in [6, 6.07) is 7.66. The largest absolute Gasteiger partial charge is 0.335 e. The third-order valence-corrected chi connectivity index (χ3v) is 6.30. The number of halogens is 2. The number of pyridine rings is 3. The average molecular weight is 539 g/mol. The smallest absolute Gasteiger partial charge is 0.224 e. The summed E-state index contributed by atoms with van der Waals surface area (Å²) in [5.41, 5.74) is 4.00. The number of carbonyl (C=O) groups excluding carboxylic acids is 1. The van der Waals surface area contributed by atoms with Gasteiger partial charge < -0.3 is 10.3 Å². The summed E-state index contributed by atoms with van der Waals surface area (Å²) < 4.78 is 29.5. The van der Waals surface area contributed by atoms with Gasteiger partial charge >= 0.3 is 0 Å². The van der Waals surface area contributed by atoms with Crippen LogP contribution in [0.25, 0.3) is 55.8 Å². The maximum atomic E-state index is 16.1. The van der Waals surface area contributed by atoms with Crippen LogP contribution in [-0.2, 0) is 4.79 Å². The molecule has 0 unspecified atom stereocenters. The van der Waals surface area contributed by atoms with E-state index in [1.165, 1.54) is 30.7 Å². The van der Waals surface area contributed by atoms with Crippen LogP contribution in [0.5, 0.6) is 0 Å². The fourth-order valence-corrected chi connectivity index (χ4v) is 4.56. The predicted molar refractivity (Wildman–Crippen MR) is 148 cm³/mol. The van der Waals surface area contributed by atoms with Gasteiger partial charge in [0.15, 0.2) is 11.6 Å². The van der Waals surface area contributed by atoms with Crippen molar-refractivity contribution in [2.24, 2.45) is 5.41 Å². The number of nitrogens with one attached hydrogen (secondary N) is 3. The summed E-state index contributed by atoms with van der Waals surface area (Å²) in [6.07, 6.45) is 8.06. The first-order valence-electron chi connectivity index (χ1n) is 12.5. The fourth-order valence-electron chi connectivity index (χ4n) is 4.56. The van der Waals surface area contributed by atoms with Gasteiger partial charge in [0.05, 0.1) is 46.2 Å². The molecule has 0 fully saturated rings. The zero-order valence-electron chi connectivity index (χ0n) is 21.9. The van der Waals surface area contributed by atoms with E-state index >= 15 is 4.39 Å². The minimum absolute atomic E-state index is 0.0550. The van der Waals surface area contributed by atoms with Crippen molar-refractivity contribution in [3.8, 4) is 33.9 Å². The van der Waals surface area contributed by atoms with Gasteiger partial charge in [-0.1, -0.05) is 32.9 Å². The molecule has 0 saturated heterocycles. The highest BCUT2D eigenvalue weighted by molar-refractivity contribution is 5.98. The van der Waals surface area contributed by atoms with Crippen molar-refractivity contribution in [1.29, 1.82) is 0 Å². The van der Waals surface area contributed by atoms with E-state index in [0.29, 0.717) is 45.6 Å². The van der Waals surface area contributed by atoms with Gasteiger partial charge in [-0.15, -0.1) is 0 Å². The Hall–Kier alpha value is -5.06. The number of H-pyrrole nitrogens is 2. The molecule has 11 heteroatoms. The summed E-state index contributed by atoms with van der Waals surface area (Å²) in [6.45, 7) is 5.92. The van der Waals surface area contributed by atoms with Crippen molar-refractivity contribution in [3.63, 3.8) is 0 Å². The minimum atomic E-state index is -0.612. The van der Waals surface area contributed by atoms with Crippen molar-refractivity contribution in [2.75, 3.05) is 5.32 Å². The van der Waals surface area contributed by atoms with Crippen molar-refractivity contribution < 1.29 is 13.6 Å². The number of anilines is 1. The molecule has 1 amide bonds. The predicted octanol–water partition coefficient (Wildman–Crippen LogP) is 6.28. The zero-order chi connectivity index (χ0) is 28.0. The third-order valence-electron chi connectivity index (χ3n) is 6.30. The molecule has 0 atom stereocenters. The van der Waals surface area contributed by atoms with Gasteiger partial charge in [0.2, 0.25) is 5.91 Å². The van der Waals surface area contributed by atoms with E-state index in [0.717, 1.165) is 5.56 Å². The highest BCUT2D eigenvalue weighted by Gasteiger charge is 2.22. The molecule has 6 aromatic rings. The lowest BCUT2D eigenvalue weighted by Crippen LogP contribution is -2.19. The van der Waals surface area contributed by atoms with Crippen LogP contribution < -0.4 is 5.32 Å². The zero-order valence-corrected chi connectivity index (χ0v) is 21.9. The van der Waals surface area contributed by atoms with Crippen LogP contribution in [0.15, 0.2) is 61.3 Å². The Morgan fingerprint density at radius 3 is 2.48 bits per heavy atom. The van der Waals surface area contributed by atoms with Gasteiger partial charge in [-0.2, -0.15) is 5.10 Å². The molecule has 0 aliphatic heterocycles. The van der Waals surface area contributed by atoms with Crippen LogP contribution in [0.2, 0.25) is 0 Å². The lowest BCUT2D eigenvalue weighted by Gasteiger charge is -2.17. The molecule has 40 heavy (non-hydrogen) atoms. The fraction of sp³-hybridized carbons (Fsp3) is 0.172. The van der Waals surface area contributed by atoms with Crippen molar-refractivity contribution >= 4 is 33.5 Å². The molecule has 5 heterocycles. The lowest BCUT2D eigenvalue weighted by molar-refractivity contribution is -0.117. The van der Waals surface area contributed by atoms with Gasteiger partial charge in [0.25, 0.3) is 0 Å². The Balaban J connectivity index is 1.40. The molecule has 0 bridgehead atoms. The van der Waals surface area contributed by atoms with E-state index < -0.39 is 5.82 Å². The van der Waals surface area contributed by atoms with E-state index in [-0.39, 0.29) is 33.9 Å². The molecular formula is C29H24F2N8O. The molecule has 0 spiro atoms. The monoisotopic (exact) mass is 538 g/mol. The number of aromatic amines is 2. The van der Waals surface area contributed by atoms with Crippen LogP contribution in [0.1, 0.15) is 27.2 Å². The van der Waals surface area contributed by atoms with Crippen molar-refractivity contribution in [1.82, 2.24) is 35.1 Å². The number of hydrogen-bond donors (Lipinski definition) is 3. The Morgan fingerprint density at radius 1 is 0.925 bits per heavy atom. The van der Waals surface area contributed by atoms with E-state index in [4.69, 9.17) is 4.98 Å². The SMILES string of the molecule is CC(C)(C)CC(=O)Nc1cncc(-c2ncc3[nH]nc(-c4nc5c(-c6ccc(F)cc6)cncc5[nH]4)c3c2F)c1. The highest BCUT2D eigenvalue weighted by atomic mass is 19.1. The number of imidazole rings is 1. The Bertz CT molecular complexity index is 1890. The molecule has 0 aliphatic rings. The quantitative estimate of drug-likeness (QED) is 0.237. The first-order valence-corrected chi connectivity index (χ1v) is 12.5. The van der Waals surface area contributed by atoms with Gasteiger partial charge in [-0.3, -0.25) is 24.8 Å². The molecular weight excluding hydrogens is 514 g/mol. The first-order chi connectivity index (χ1) is 19.2. The number of benzene rings is 1. The molecule has 200 valence electrons. The van der Waals surface area contributed by atoms with Gasteiger partial charge in [-0.05, 0) is 29.2 Å². The number of carbonyl (C=O) groups is 1. The van der Waals surface area contributed by atoms with Crippen LogP contribution in [-0.4, -0.2) is 41.0 Å². The third kappa shape index (κ3) is 4.77. The lowest BCUT2D eigenvalue weighted by atomic mass is 9.92. The van der Waals surface area contributed by atoms with Crippen LogP contribution in [0.4, 0.5) is 14.5 Å². The molecule has 0 aliphatic carbocycles. The number of amides is 1. The number of nitrogens with zero attached hydrogens (tertiary/aromatic N) is 5. The summed E-state index contributed by atoms with van der Waals surface area (Å²) in [7, 11) is 0. The number of hydrogen-bond acceptors (Lipinski definition) is 6. The minimum Gasteiger partial charge on any atom is -0.335 e. The van der Waals surface area contributed by atoms with Crippen molar-refractivity contribution in [2.45, 2.75) is 27.2 Å². The summed E-state index contributed by atoms with van der Waals surface area (Å²) in [5.74, 6) is -0.789. The molecule has 0 radical (unpaired) electrons. The maximum absolute atomic E-state index is 16.1. The first kappa shape index (κ1) is 25.2. The topological polar surface area (TPSA) is 125 Å². The summed E-state index contributed by atoms with van der Waals surface area (Å²) in [4.78, 5) is 33.0. The van der Waals surface area contributed by atoms with E-state index in [1.807, 2.05) is 20.8 Å². The molecule has 0 saturated carbocycles. The second kappa shape index (κ2) is 9.60. The van der Waals surface area contributed by atoms with Crippen LogP contribution in [0, 0.1) is 17.0 Å². The Kier molecular flexibility index (Phi) is 6.05. The van der Waals surface area contributed by atoms with Gasteiger partial charge in [-0.25, -0.2) is 13.8 Å². The Labute approximate surface area is 227 Å². The Morgan fingerprint density at radius 2 is 1.70 bits per heavy atom. The van der Waals surface area contributed by atoms with E-state index in [1.54, 1.807) is 30.6 Å². The summed E-state index contributed by atoms with van der Waals surface area (Å²) >= 11 is 0. The molecule has 6 rings (SSSR count). The van der Waals surface area contributed by atoms with E-state index in [9.17, 15) is 9.18 Å². The number of fused-ring (bicyclic) bond motifs is 2. The number of rotatable bonds is 5. The molecule has 5 aromatic heterocycles. The maximum Gasteiger partial charge on any atom is 0.224 e. The van der Waals surface area contributed by atoms with E-state index in [2.05, 4.69) is 35.5 Å². The van der Waals surface area contributed by atoms with Crippen LogP contribution in [0.3, 0.4) is 0 Å². The average Bonchev–Trinajstić information content (AvgIpc) is 3.53. The second-order valence-corrected chi connectivity index (χ2v) is 10.7. The van der Waals surface area contributed by atoms with Gasteiger partial charge in [0, 0.05) is 29.9 Å². The van der Waals surface area contributed by atoms with Gasteiger partial charge in [0.1, 0.15) is 17.2 Å². The second-order valence-electron chi connectivity index (χ2n) is 10.7. The van der Waals surface area contributed by atoms with Crippen LogP contribution >= 0.6 is 0 Å². The number of aromatic nitrogens is 7.